The van der Waals surface area contributed by atoms with Gasteiger partial charge in [-0.2, -0.15) is 0 Å². The Kier molecular flexibility index (Phi) is 4.57. The van der Waals surface area contributed by atoms with E-state index in [4.69, 9.17) is 0 Å². The van der Waals surface area contributed by atoms with E-state index in [1.54, 1.807) is 13.8 Å². The molecule has 0 amide bonds. The van der Waals surface area contributed by atoms with Crippen LogP contribution in [0.15, 0.2) is 0 Å². The fraction of sp³-hybridized carbons (Fsp3) is 1.00. The van der Waals surface area contributed by atoms with Crippen molar-refractivity contribution in [2.24, 2.45) is 0 Å². The first-order valence-corrected chi connectivity index (χ1v) is 7.82. The third-order valence-electron chi connectivity index (χ3n) is 3.15. The zero-order valence-electron chi connectivity index (χ0n) is 11.2. The number of likely N-dealkylation sites (N-methyl/N-ethyl adjacent to an activating group) is 1. The van der Waals surface area contributed by atoms with Crippen LogP contribution in [0.1, 0.15) is 26.7 Å². The molecule has 0 bridgehead atoms. The predicted octanol–water partition coefficient (Wildman–Crippen LogP) is 0.113. The second-order valence-electron chi connectivity index (χ2n) is 5.62. The van der Waals surface area contributed by atoms with E-state index in [1.165, 1.54) is 10.6 Å². The van der Waals surface area contributed by atoms with Crippen molar-refractivity contribution in [2.45, 2.75) is 38.3 Å². The monoisotopic (exact) mass is 264 g/mol. The zero-order chi connectivity index (χ0) is 13.3. The quantitative estimate of drug-likeness (QED) is 0.783. The number of nitrogens with zero attached hydrogens (tertiary/aromatic N) is 2. The highest BCUT2D eigenvalue weighted by molar-refractivity contribution is 7.88. The summed E-state index contributed by atoms with van der Waals surface area (Å²) in [6.07, 6.45) is 2.92. The molecule has 1 aliphatic rings. The van der Waals surface area contributed by atoms with Crippen molar-refractivity contribution in [3.8, 4) is 0 Å². The maximum absolute atomic E-state index is 11.4. The van der Waals surface area contributed by atoms with Gasteiger partial charge < -0.3 is 10.0 Å². The van der Waals surface area contributed by atoms with Gasteiger partial charge in [-0.1, -0.05) is 0 Å². The summed E-state index contributed by atoms with van der Waals surface area (Å²) in [5.74, 6) is 0. The molecule has 1 aliphatic heterocycles. The van der Waals surface area contributed by atoms with Crippen LogP contribution >= 0.6 is 0 Å². The molecule has 102 valence electrons. The molecule has 1 heterocycles. The van der Waals surface area contributed by atoms with Crippen molar-refractivity contribution in [1.82, 2.24) is 9.21 Å². The van der Waals surface area contributed by atoms with Crippen LogP contribution in [0.2, 0.25) is 0 Å². The van der Waals surface area contributed by atoms with Gasteiger partial charge in [0.05, 0.1) is 11.9 Å². The molecular formula is C11H24N2O3S. The summed E-state index contributed by atoms with van der Waals surface area (Å²) in [5.41, 5.74) is -0.706. The molecule has 1 fully saturated rings. The number of aliphatic hydroxyl groups is 1. The standard InChI is InChI=1S/C11H24N2O3S/c1-11(2,14)9-12(3)10-5-7-13(8-6-10)17(4,15)16/h10,14H,5-9H2,1-4H3. The number of sulfonamides is 1. The molecule has 0 aromatic carbocycles. The van der Waals surface area contributed by atoms with E-state index in [-0.39, 0.29) is 0 Å². The van der Waals surface area contributed by atoms with Gasteiger partial charge in [0.2, 0.25) is 10.0 Å². The second-order valence-corrected chi connectivity index (χ2v) is 7.60. The second kappa shape index (κ2) is 5.22. The van der Waals surface area contributed by atoms with Gasteiger partial charge in [-0.25, -0.2) is 12.7 Å². The Labute approximate surface area is 104 Å². The molecule has 6 heteroatoms. The van der Waals surface area contributed by atoms with Gasteiger partial charge >= 0.3 is 0 Å². The number of rotatable bonds is 4. The van der Waals surface area contributed by atoms with Gasteiger partial charge in [0.25, 0.3) is 0 Å². The van der Waals surface area contributed by atoms with Gasteiger partial charge in [-0.15, -0.1) is 0 Å². The Morgan fingerprint density at radius 3 is 2.18 bits per heavy atom. The summed E-state index contributed by atoms with van der Waals surface area (Å²) in [6.45, 7) is 5.35. The molecule has 0 spiro atoms. The van der Waals surface area contributed by atoms with Gasteiger partial charge in [0, 0.05) is 25.7 Å². The minimum atomic E-state index is -3.04. The van der Waals surface area contributed by atoms with E-state index in [0.29, 0.717) is 25.7 Å². The van der Waals surface area contributed by atoms with Crippen molar-refractivity contribution < 1.29 is 13.5 Å². The van der Waals surface area contributed by atoms with Crippen molar-refractivity contribution in [3.63, 3.8) is 0 Å². The lowest BCUT2D eigenvalue weighted by Crippen LogP contribution is -2.48. The van der Waals surface area contributed by atoms with Crippen LogP contribution in [-0.2, 0) is 10.0 Å². The summed E-state index contributed by atoms with van der Waals surface area (Å²) in [5, 5.41) is 9.75. The first-order chi connectivity index (χ1) is 7.59. The minimum Gasteiger partial charge on any atom is -0.389 e. The molecule has 0 atom stereocenters. The normalized spacial score (nSPS) is 21.1. The molecule has 1 saturated heterocycles. The van der Waals surface area contributed by atoms with Crippen LogP contribution in [-0.4, -0.2) is 67.3 Å². The van der Waals surface area contributed by atoms with E-state index in [9.17, 15) is 13.5 Å². The van der Waals surface area contributed by atoms with Crippen LogP contribution in [0.5, 0.6) is 0 Å². The van der Waals surface area contributed by atoms with Crippen LogP contribution in [0, 0.1) is 0 Å². The average Bonchev–Trinajstić information content (AvgIpc) is 2.14. The topological polar surface area (TPSA) is 60.9 Å². The largest absolute Gasteiger partial charge is 0.389 e. The molecule has 0 saturated carbocycles. The number of hydrogen-bond acceptors (Lipinski definition) is 4. The maximum atomic E-state index is 11.4. The molecule has 0 aromatic rings. The van der Waals surface area contributed by atoms with Crippen molar-refractivity contribution in [1.29, 1.82) is 0 Å². The Morgan fingerprint density at radius 1 is 1.35 bits per heavy atom. The lowest BCUT2D eigenvalue weighted by molar-refractivity contribution is 0.0233. The highest BCUT2D eigenvalue weighted by Gasteiger charge is 2.28. The molecule has 1 N–H and O–H groups in total. The van der Waals surface area contributed by atoms with Crippen molar-refractivity contribution >= 4 is 10.0 Å². The fourth-order valence-electron chi connectivity index (χ4n) is 2.35. The smallest absolute Gasteiger partial charge is 0.211 e. The fourth-order valence-corrected chi connectivity index (χ4v) is 3.23. The van der Waals surface area contributed by atoms with Crippen LogP contribution in [0.3, 0.4) is 0 Å². The van der Waals surface area contributed by atoms with Crippen molar-refractivity contribution in [3.05, 3.63) is 0 Å². The molecule has 0 aliphatic carbocycles. The lowest BCUT2D eigenvalue weighted by Gasteiger charge is -2.37. The molecule has 0 radical (unpaired) electrons. The van der Waals surface area contributed by atoms with E-state index >= 15 is 0 Å². The van der Waals surface area contributed by atoms with E-state index in [2.05, 4.69) is 4.90 Å². The lowest BCUT2D eigenvalue weighted by atomic mass is 10.0. The van der Waals surface area contributed by atoms with E-state index in [0.717, 1.165) is 12.8 Å². The maximum Gasteiger partial charge on any atom is 0.211 e. The van der Waals surface area contributed by atoms with Gasteiger partial charge in [-0.3, -0.25) is 0 Å². The molecule has 5 nitrogen and oxygen atoms in total. The Hall–Kier alpha value is -0.170. The third kappa shape index (κ3) is 4.91. The number of hydrogen-bond donors (Lipinski definition) is 1. The molecule has 0 unspecified atom stereocenters. The average molecular weight is 264 g/mol. The first-order valence-electron chi connectivity index (χ1n) is 5.97. The van der Waals surface area contributed by atoms with Crippen LogP contribution in [0.25, 0.3) is 0 Å². The Bertz CT molecular complexity index is 340. The zero-order valence-corrected chi connectivity index (χ0v) is 12.0. The Balaban J connectivity index is 2.47. The molecule has 17 heavy (non-hydrogen) atoms. The summed E-state index contributed by atoms with van der Waals surface area (Å²) in [6, 6.07) is 0.361. The van der Waals surface area contributed by atoms with Gasteiger partial charge in [0.15, 0.2) is 0 Å². The van der Waals surface area contributed by atoms with Gasteiger partial charge in [0.1, 0.15) is 0 Å². The highest BCUT2D eigenvalue weighted by Crippen LogP contribution is 2.18. The summed E-state index contributed by atoms with van der Waals surface area (Å²) >= 11 is 0. The van der Waals surface area contributed by atoms with Gasteiger partial charge in [-0.05, 0) is 33.7 Å². The number of piperidine rings is 1. The molecular weight excluding hydrogens is 240 g/mol. The SMILES string of the molecule is CN(CC(C)(C)O)C1CCN(S(C)(=O)=O)CC1. The minimum absolute atomic E-state index is 0.361. The molecule has 0 aromatic heterocycles. The third-order valence-corrected chi connectivity index (χ3v) is 4.46. The molecule has 1 rings (SSSR count). The summed E-state index contributed by atoms with van der Waals surface area (Å²) in [7, 11) is -1.06. The first kappa shape index (κ1) is 14.9. The highest BCUT2D eigenvalue weighted by atomic mass is 32.2. The predicted molar refractivity (Wildman–Crippen MR) is 68.4 cm³/mol. The van der Waals surface area contributed by atoms with Crippen LogP contribution < -0.4 is 0 Å². The summed E-state index contributed by atoms with van der Waals surface area (Å²) < 4.78 is 24.3. The van der Waals surface area contributed by atoms with Crippen LogP contribution in [0.4, 0.5) is 0 Å². The van der Waals surface area contributed by atoms with Crippen molar-refractivity contribution in [2.75, 3.05) is 32.9 Å². The summed E-state index contributed by atoms with van der Waals surface area (Å²) in [4.78, 5) is 2.12. The Morgan fingerprint density at radius 2 is 1.82 bits per heavy atom. The van der Waals surface area contributed by atoms with E-state index < -0.39 is 15.6 Å². The van der Waals surface area contributed by atoms with E-state index in [1.807, 2.05) is 7.05 Å².